The smallest absolute Gasteiger partial charge is 0.227 e. The Morgan fingerprint density at radius 2 is 2.04 bits per heavy atom. The molecular weight excluding hydrogens is 316 g/mol. The third-order valence-corrected chi connectivity index (χ3v) is 5.94. The molecule has 2 heterocycles. The standard InChI is InChI=1S/C20H28N2O3/c1-14-6-4-5-7-16(14)10-19(25)21-9-8-18-17(12-21)11-20(3,13-23)22(18)15(2)24/h4-7,17-18,23H,8-13H2,1-3H3/t17-,18-,20+/m0/s1. The van der Waals surface area contributed by atoms with E-state index < -0.39 is 5.54 Å². The molecule has 25 heavy (non-hydrogen) atoms. The van der Waals surface area contributed by atoms with Crippen molar-refractivity contribution >= 4 is 11.8 Å². The first-order valence-corrected chi connectivity index (χ1v) is 9.09. The summed E-state index contributed by atoms with van der Waals surface area (Å²) in [6, 6.07) is 8.13. The number of amides is 2. The number of benzene rings is 1. The second-order valence-electron chi connectivity index (χ2n) is 7.81. The highest BCUT2D eigenvalue weighted by atomic mass is 16.3. The molecule has 2 fully saturated rings. The lowest BCUT2D eigenvalue weighted by molar-refractivity contribution is -0.138. The lowest BCUT2D eigenvalue weighted by atomic mass is 9.89. The summed E-state index contributed by atoms with van der Waals surface area (Å²) in [5.41, 5.74) is 1.71. The largest absolute Gasteiger partial charge is 0.394 e. The molecule has 3 rings (SSSR count). The van der Waals surface area contributed by atoms with Crippen molar-refractivity contribution in [2.75, 3.05) is 19.7 Å². The van der Waals surface area contributed by atoms with E-state index in [9.17, 15) is 14.7 Å². The van der Waals surface area contributed by atoms with E-state index in [2.05, 4.69) is 0 Å². The van der Waals surface area contributed by atoms with Crippen LogP contribution in [0.25, 0.3) is 0 Å². The lowest BCUT2D eigenvalue weighted by Crippen LogP contribution is -2.53. The molecule has 5 heteroatoms. The number of hydrogen-bond donors (Lipinski definition) is 1. The minimum Gasteiger partial charge on any atom is -0.394 e. The van der Waals surface area contributed by atoms with Gasteiger partial charge in [0.25, 0.3) is 0 Å². The fourth-order valence-corrected chi connectivity index (χ4v) is 4.69. The SMILES string of the molecule is CC(=O)N1[C@H]2CCN(C(=O)Cc3ccccc3C)C[C@@H]2C[C@]1(C)CO. The van der Waals surface area contributed by atoms with Crippen LogP contribution >= 0.6 is 0 Å². The quantitative estimate of drug-likeness (QED) is 0.909. The van der Waals surface area contributed by atoms with Gasteiger partial charge in [0, 0.05) is 26.1 Å². The number of aryl methyl sites for hydroxylation is 1. The van der Waals surface area contributed by atoms with Crippen LogP contribution in [0.1, 0.15) is 37.8 Å². The molecule has 2 saturated heterocycles. The molecular formula is C20H28N2O3. The second kappa shape index (κ2) is 6.79. The first kappa shape index (κ1) is 17.9. The molecule has 2 aliphatic rings. The number of aliphatic hydroxyl groups excluding tert-OH is 1. The Bertz CT molecular complexity index is 675. The van der Waals surface area contributed by atoms with Gasteiger partial charge in [-0.05, 0) is 43.7 Å². The second-order valence-corrected chi connectivity index (χ2v) is 7.81. The summed E-state index contributed by atoms with van der Waals surface area (Å²) in [5, 5.41) is 9.82. The molecule has 2 amide bonds. The Morgan fingerprint density at radius 3 is 2.68 bits per heavy atom. The number of likely N-dealkylation sites (tertiary alicyclic amines) is 2. The maximum absolute atomic E-state index is 12.8. The zero-order valence-corrected chi connectivity index (χ0v) is 15.4. The Kier molecular flexibility index (Phi) is 4.87. The summed E-state index contributed by atoms with van der Waals surface area (Å²) < 4.78 is 0. The lowest BCUT2D eigenvalue weighted by Gasteiger charge is -2.40. The molecule has 3 atom stereocenters. The van der Waals surface area contributed by atoms with Gasteiger partial charge >= 0.3 is 0 Å². The van der Waals surface area contributed by atoms with Crippen LogP contribution in [0.4, 0.5) is 0 Å². The van der Waals surface area contributed by atoms with Gasteiger partial charge in [-0.1, -0.05) is 24.3 Å². The van der Waals surface area contributed by atoms with Gasteiger partial charge < -0.3 is 14.9 Å². The number of rotatable bonds is 3. The van der Waals surface area contributed by atoms with Gasteiger partial charge in [0.2, 0.25) is 11.8 Å². The van der Waals surface area contributed by atoms with Crippen LogP contribution < -0.4 is 0 Å². The summed E-state index contributed by atoms with van der Waals surface area (Å²) in [5.74, 6) is 0.416. The molecule has 1 N–H and O–H groups in total. The first-order valence-electron chi connectivity index (χ1n) is 9.09. The van der Waals surface area contributed by atoms with Gasteiger partial charge in [0.05, 0.1) is 18.6 Å². The van der Waals surface area contributed by atoms with Crippen molar-refractivity contribution in [2.24, 2.45) is 5.92 Å². The zero-order valence-electron chi connectivity index (χ0n) is 15.4. The Morgan fingerprint density at radius 1 is 1.32 bits per heavy atom. The van der Waals surface area contributed by atoms with Crippen LogP contribution in [0.5, 0.6) is 0 Å². The van der Waals surface area contributed by atoms with Crippen molar-refractivity contribution in [1.82, 2.24) is 9.80 Å². The summed E-state index contributed by atoms with van der Waals surface area (Å²) in [6.45, 7) is 6.88. The number of piperidine rings is 1. The Balaban J connectivity index is 1.70. The molecule has 136 valence electrons. The molecule has 1 aromatic rings. The van der Waals surface area contributed by atoms with Gasteiger partial charge in [-0.25, -0.2) is 0 Å². The van der Waals surface area contributed by atoms with E-state index >= 15 is 0 Å². The van der Waals surface area contributed by atoms with E-state index in [0.717, 1.165) is 24.0 Å². The summed E-state index contributed by atoms with van der Waals surface area (Å²) in [4.78, 5) is 28.7. The molecule has 0 spiro atoms. The number of carbonyl (C=O) groups excluding carboxylic acids is 2. The summed E-state index contributed by atoms with van der Waals surface area (Å²) in [6.07, 6.45) is 1.97. The number of carbonyl (C=O) groups is 2. The molecule has 0 aliphatic carbocycles. The number of hydrogen-bond acceptors (Lipinski definition) is 3. The highest BCUT2D eigenvalue weighted by Gasteiger charge is 2.51. The van der Waals surface area contributed by atoms with E-state index in [-0.39, 0.29) is 30.4 Å². The van der Waals surface area contributed by atoms with Crippen molar-refractivity contribution < 1.29 is 14.7 Å². The van der Waals surface area contributed by atoms with Gasteiger partial charge in [-0.15, -0.1) is 0 Å². The van der Waals surface area contributed by atoms with Crippen LogP contribution in [-0.2, 0) is 16.0 Å². The monoisotopic (exact) mass is 344 g/mol. The number of aliphatic hydroxyl groups is 1. The minimum absolute atomic E-state index is 0.0173. The van der Waals surface area contributed by atoms with Crippen molar-refractivity contribution in [3.8, 4) is 0 Å². The van der Waals surface area contributed by atoms with Crippen molar-refractivity contribution in [3.63, 3.8) is 0 Å². The molecule has 2 aliphatic heterocycles. The molecule has 0 aromatic heterocycles. The number of fused-ring (bicyclic) bond motifs is 1. The van der Waals surface area contributed by atoms with Crippen molar-refractivity contribution in [3.05, 3.63) is 35.4 Å². The third-order valence-electron chi connectivity index (χ3n) is 5.94. The van der Waals surface area contributed by atoms with Crippen LogP contribution in [0.3, 0.4) is 0 Å². The maximum Gasteiger partial charge on any atom is 0.227 e. The third kappa shape index (κ3) is 3.30. The van der Waals surface area contributed by atoms with E-state index in [0.29, 0.717) is 19.5 Å². The van der Waals surface area contributed by atoms with Crippen molar-refractivity contribution in [1.29, 1.82) is 0 Å². The molecule has 0 unspecified atom stereocenters. The van der Waals surface area contributed by atoms with Gasteiger partial charge in [-0.3, -0.25) is 9.59 Å². The Labute approximate surface area is 149 Å². The van der Waals surface area contributed by atoms with E-state index in [1.807, 2.05) is 47.9 Å². The van der Waals surface area contributed by atoms with Gasteiger partial charge in [0.15, 0.2) is 0 Å². The van der Waals surface area contributed by atoms with E-state index in [1.54, 1.807) is 6.92 Å². The predicted octanol–water partition coefficient (Wildman–Crippen LogP) is 1.76. The molecule has 0 bridgehead atoms. The fraction of sp³-hybridized carbons (Fsp3) is 0.600. The van der Waals surface area contributed by atoms with Gasteiger partial charge in [-0.2, -0.15) is 0 Å². The molecule has 5 nitrogen and oxygen atoms in total. The van der Waals surface area contributed by atoms with Crippen LogP contribution in [0.2, 0.25) is 0 Å². The topological polar surface area (TPSA) is 60.9 Å². The fourth-order valence-electron chi connectivity index (χ4n) is 4.69. The van der Waals surface area contributed by atoms with E-state index in [1.165, 1.54) is 0 Å². The molecule has 1 aromatic carbocycles. The highest BCUT2D eigenvalue weighted by molar-refractivity contribution is 5.79. The van der Waals surface area contributed by atoms with Crippen LogP contribution in [0, 0.1) is 12.8 Å². The zero-order chi connectivity index (χ0) is 18.2. The number of nitrogens with zero attached hydrogens (tertiary/aromatic N) is 2. The summed E-state index contributed by atoms with van der Waals surface area (Å²) >= 11 is 0. The first-order chi connectivity index (χ1) is 11.9. The average Bonchev–Trinajstić information content (AvgIpc) is 2.88. The predicted molar refractivity (Wildman–Crippen MR) is 96.0 cm³/mol. The molecule has 0 saturated carbocycles. The van der Waals surface area contributed by atoms with Crippen LogP contribution in [-0.4, -0.2) is 58.0 Å². The molecule has 0 radical (unpaired) electrons. The average molecular weight is 344 g/mol. The normalized spacial score (nSPS) is 28.8. The highest BCUT2D eigenvalue weighted by Crippen LogP contribution is 2.42. The van der Waals surface area contributed by atoms with Crippen LogP contribution in [0.15, 0.2) is 24.3 Å². The summed E-state index contributed by atoms with van der Waals surface area (Å²) in [7, 11) is 0. The van der Waals surface area contributed by atoms with Gasteiger partial charge in [0.1, 0.15) is 0 Å². The van der Waals surface area contributed by atoms with Crippen molar-refractivity contribution in [2.45, 2.75) is 51.6 Å². The Hall–Kier alpha value is -1.88. The van der Waals surface area contributed by atoms with E-state index in [4.69, 9.17) is 0 Å². The minimum atomic E-state index is -0.504. The maximum atomic E-state index is 12.8.